The standard InChI is InChI=1S/C21H26N2O5S2/c1-23(2)30(26,27)19-11-7-6-9-16(19)13-22-20(24)14-28-21(25)18-12-15-8-4-3-5-10-17(15)29-18/h6-7,9,11-12H,3-5,8,10,13-14H2,1-2H3,(H,22,24). The molecule has 0 aliphatic heterocycles. The van der Waals surface area contributed by atoms with Crippen molar-refractivity contribution in [1.82, 2.24) is 9.62 Å². The van der Waals surface area contributed by atoms with E-state index in [9.17, 15) is 18.0 Å². The van der Waals surface area contributed by atoms with Crippen LogP contribution < -0.4 is 5.32 Å². The van der Waals surface area contributed by atoms with Crippen LogP contribution in [0.2, 0.25) is 0 Å². The van der Waals surface area contributed by atoms with E-state index in [-0.39, 0.29) is 11.4 Å². The normalized spacial score (nSPS) is 14.1. The van der Waals surface area contributed by atoms with Crippen molar-refractivity contribution < 1.29 is 22.7 Å². The second kappa shape index (κ2) is 9.72. The van der Waals surface area contributed by atoms with Gasteiger partial charge in [-0.2, -0.15) is 0 Å². The highest BCUT2D eigenvalue weighted by molar-refractivity contribution is 7.89. The Labute approximate surface area is 181 Å². The summed E-state index contributed by atoms with van der Waals surface area (Å²) in [5.74, 6) is -0.989. The second-order valence-corrected chi connectivity index (χ2v) is 10.6. The maximum Gasteiger partial charge on any atom is 0.348 e. The van der Waals surface area contributed by atoms with E-state index < -0.39 is 28.5 Å². The predicted molar refractivity (Wildman–Crippen MR) is 115 cm³/mol. The lowest BCUT2D eigenvalue weighted by Gasteiger charge is -2.15. The van der Waals surface area contributed by atoms with Gasteiger partial charge in [-0.05, 0) is 48.9 Å². The van der Waals surface area contributed by atoms with E-state index in [4.69, 9.17) is 4.74 Å². The zero-order valence-electron chi connectivity index (χ0n) is 17.1. The number of sulfonamides is 1. The van der Waals surface area contributed by atoms with Gasteiger partial charge in [0.25, 0.3) is 5.91 Å². The largest absolute Gasteiger partial charge is 0.451 e. The van der Waals surface area contributed by atoms with Gasteiger partial charge in [0.1, 0.15) is 4.88 Å². The number of nitrogens with one attached hydrogen (secondary N) is 1. The summed E-state index contributed by atoms with van der Waals surface area (Å²) in [4.78, 5) is 26.3. The summed E-state index contributed by atoms with van der Waals surface area (Å²) in [5, 5.41) is 2.62. The van der Waals surface area contributed by atoms with Gasteiger partial charge in [-0.3, -0.25) is 4.79 Å². The number of thiophene rings is 1. The van der Waals surface area contributed by atoms with Crippen LogP contribution in [-0.4, -0.2) is 45.3 Å². The molecular weight excluding hydrogens is 424 g/mol. The van der Waals surface area contributed by atoms with Gasteiger partial charge in [-0.15, -0.1) is 11.3 Å². The number of carbonyl (C=O) groups is 2. The number of aryl methyl sites for hydroxylation is 2. The summed E-state index contributed by atoms with van der Waals surface area (Å²) in [6, 6.07) is 8.36. The maximum atomic E-state index is 12.4. The van der Waals surface area contributed by atoms with E-state index in [0.717, 1.165) is 30.0 Å². The van der Waals surface area contributed by atoms with Crippen LogP contribution in [0.3, 0.4) is 0 Å². The smallest absolute Gasteiger partial charge is 0.348 e. The van der Waals surface area contributed by atoms with E-state index >= 15 is 0 Å². The van der Waals surface area contributed by atoms with E-state index in [2.05, 4.69) is 5.32 Å². The molecule has 1 aliphatic carbocycles. The molecule has 0 atom stereocenters. The highest BCUT2D eigenvalue weighted by atomic mass is 32.2. The summed E-state index contributed by atoms with van der Waals surface area (Å²) >= 11 is 1.45. The Bertz CT molecular complexity index is 1000. The third kappa shape index (κ3) is 5.27. The van der Waals surface area contributed by atoms with E-state index in [1.807, 2.05) is 6.07 Å². The molecular formula is C21H26N2O5S2. The van der Waals surface area contributed by atoms with E-state index in [1.165, 1.54) is 48.4 Å². The number of hydrogen-bond acceptors (Lipinski definition) is 6. The molecule has 30 heavy (non-hydrogen) atoms. The molecule has 0 fully saturated rings. The fourth-order valence-electron chi connectivity index (χ4n) is 3.31. The third-order valence-corrected chi connectivity index (χ3v) is 8.12. The molecule has 0 saturated heterocycles. The molecule has 0 unspecified atom stereocenters. The Hall–Kier alpha value is -2.23. The fraction of sp³-hybridized carbons (Fsp3) is 0.429. The van der Waals surface area contributed by atoms with Crippen LogP contribution in [0.15, 0.2) is 35.2 Å². The minimum absolute atomic E-state index is 0.0208. The van der Waals surface area contributed by atoms with Crippen molar-refractivity contribution in [2.45, 2.75) is 43.5 Å². The summed E-state index contributed by atoms with van der Waals surface area (Å²) in [6.07, 6.45) is 5.44. The lowest BCUT2D eigenvalue weighted by Crippen LogP contribution is -2.30. The fourth-order valence-corrected chi connectivity index (χ4v) is 5.58. The second-order valence-electron chi connectivity index (χ2n) is 7.37. The van der Waals surface area contributed by atoms with Crippen molar-refractivity contribution in [2.75, 3.05) is 20.7 Å². The van der Waals surface area contributed by atoms with Crippen LogP contribution in [0.5, 0.6) is 0 Å². The van der Waals surface area contributed by atoms with Gasteiger partial charge in [0.05, 0.1) is 4.90 Å². The Morgan fingerprint density at radius 2 is 1.87 bits per heavy atom. The quantitative estimate of drug-likeness (QED) is 0.517. The molecule has 9 heteroatoms. The summed E-state index contributed by atoms with van der Waals surface area (Å²) in [7, 11) is -0.718. The van der Waals surface area contributed by atoms with Gasteiger partial charge in [-0.1, -0.05) is 24.6 Å². The first-order valence-corrected chi connectivity index (χ1v) is 12.1. The number of hydrogen-bond donors (Lipinski definition) is 1. The van der Waals surface area contributed by atoms with Crippen LogP contribution in [0.4, 0.5) is 0 Å². The van der Waals surface area contributed by atoms with Crippen LogP contribution in [0.1, 0.15) is 44.9 Å². The molecule has 0 bridgehead atoms. The molecule has 3 rings (SSSR count). The number of nitrogens with zero attached hydrogens (tertiary/aromatic N) is 1. The first-order chi connectivity index (χ1) is 14.3. The molecule has 7 nitrogen and oxygen atoms in total. The van der Waals surface area contributed by atoms with Gasteiger partial charge in [0, 0.05) is 25.5 Å². The van der Waals surface area contributed by atoms with Crippen LogP contribution >= 0.6 is 11.3 Å². The van der Waals surface area contributed by atoms with Crippen LogP contribution in [0, 0.1) is 0 Å². The molecule has 162 valence electrons. The summed E-state index contributed by atoms with van der Waals surface area (Å²) < 4.78 is 31.1. The minimum Gasteiger partial charge on any atom is -0.451 e. The number of rotatable bonds is 7. The van der Waals surface area contributed by atoms with Crippen molar-refractivity contribution in [2.24, 2.45) is 0 Å². The minimum atomic E-state index is -3.62. The maximum absolute atomic E-state index is 12.4. The summed E-state index contributed by atoms with van der Waals surface area (Å²) in [5.41, 5.74) is 1.68. The van der Waals surface area contributed by atoms with Crippen molar-refractivity contribution in [3.63, 3.8) is 0 Å². The molecule has 0 radical (unpaired) electrons. The Balaban J connectivity index is 1.55. The van der Waals surface area contributed by atoms with Crippen molar-refractivity contribution in [1.29, 1.82) is 0 Å². The van der Waals surface area contributed by atoms with Crippen molar-refractivity contribution >= 4 is 33.2 Å². The first-order valence-electron chi connectivity index (χ1n) is 9.85. The average Bonchev–Trinajstić information content (AvgIpc) is 3.01. The molecule has 2 aromatic rings. The lowest BCUT2D eigenvalue weighted by atomic mass is 10.1. The van der Waals surface area contributed by atoms with Crippen LogP contribution in [0.25, 0.3) is 0 Å². The predicted octanol–water partition coefficient (Wildman–Crippen LogP) is 2.74. The molecule has 1 amide bonds. The summed E-state index contributed by atoms with van der Waals surface area (Å²) in [6.45, 7) is -0.392. The van der Waals surface area contributed by atoms with Gasteiger partial charge >= 0.3 is 5.97 Å². The zero-order chi connectivity index (χ0) is 21.7. The monoisotopic (exact) mass is 450 g/mol. The molecule has 1 heterocycles. The first kappa shape index (κ1) is 22.5. The van der Waals surface area contributed by atoms with Crippen molar-refractivity contribution in [3.05, 3.63) is 51.2 Å². The average molecular weight is 451 g/mol. The highest BCUT2D eigenvalue weighted by Gasteiger charge is 2.21. The third-order valence-electron chi connectivity index (χ3n) is 4.99. The van der Waals surface area contributed by atoms with Crippen molar-refractivity contribution in [3.8, 4) is 0 Å². The van der Waals surface area contributed by atoms with Gasteiger partial charge < -0.3 is 10.1 Å². The molecule has 1 aromatic heterocycles. The number of benzene rings is 1. The zero-order valence-corrected chi connectivity index (χ0v) is 18.8. The topological polar surface area (TPSA) is 92.8 Å². The van der Waals surface area contributed by atoms with E-state index in [0.29, 0.717) is 10.4 Å². The number of carbonyl (C=O) groups excluding carboxylic acids is 2. The molecule has 1 aliphatic rings. The molecule has 0 spiro atoms. The Morgan fingerprint density at radius 1 is 1.13 bits per heavy atom. The van der Waals surface area contributed by atoms with Gasteiger partial charge in [0.2, 0.25) is 10.0 Å². The molecule has 0 saturated carbocycles. The van der Waals surface area contributed by atoms with Crippen LogP contribution in [-0.2, 0) is 38.9 Å². The number of esters is 1. The Kier molecular flexibility index (Phi) is 7.27. The number of ether oxygens (including phenoxy) is 1. The number of fused-ring (bicyclic) bond motifs is 1. The lowest BCUT2D eigenvalue weighted by molar-refractivity contribution is -0.124. The number of amides is 1. The molecule has 1 aromatic carbocycles. The molecule has 1 N–H and O–H groups in total. The van der Waals surface area contributed by atoms with Gasteiger partial charge in [-0.25, -0.2) is 17.5 Å². The van der Waals surface area contributed by atoms with E-state index in [1.54, 1.807) is 18.2 Å². The van der Waals surface area contributed by atoms with Gasteiger partial charge in [0.15, 0.2) is 6.61 Å². The highest BCUT2D eigenvalue weighted by Crippen LogP contribution is 2.29. The SMILES string of the molecule is CN(C)S(=O)(=O)c1ccccc1CNC(=O)COC(=O)c1cc2c(s1)CCCCC2. The Morgan fingerprint density at radius 3 is 2.63 bits per heavy atom.